The van der Waals surface area contributed by atoms with Crippen LogP contribution < -0.4 is 16.4 Å². The number of urea groups is 1. The molecule has 0 saturated carbocycles. The molecule has 0 aliphatic rings. The van der Waals surface area contributed by atoms with E-state index >= 15 is 0 Å². The minimum atomic E-state index is -1.12. The first kappa shape index (κ1) is 16.5. The smallest absolute Gasteiger partial charge is 0.335 e. The van der Waals surface area contributed by atoms with Crippen LogP contribution in [0.15, 0.2) is 24.3 Å². The molecule has 0 radical (unpaired) electrons. The number of nitrogens with one attached hydrogen (secondary N) is 2. The van der Waals surface area contributed by atoms with Crippen molar-refractivity contribution in [2.75, 3.05) is 6.54 Å². The minimum absolute atomic E-state index is 0.215. The maximum absolute atomic E-state index is 11.6. The third-order valence-electron chi connectivity index (χ3n) is 2.94. The fourth-order valence-electron chi connectivity index (χ4n) is 1.52. The summed E-state index contributed by atoms with van der Waals surface area (Å²) in [6.07, 6.45) is 0.546. The molecule has 0 bridgehead atoms. The van der Waals surface area contributed by atoms with E-state index in [1.165, 1.54) is 26.0 Å². The topological polar surface area (TPSA) is 122 Å². The lowest BCUT2D eigenvalue weighted by Gasteiger charge is -2.22. The highest BCUT2D eigenvalue weighted by Crippen LogP contribution is 2.05. The zero-order valence-corrected chi connectivity index (χ0v) is 12.0. The number of carbonyl (C=O) groups excluding carboxylic acids is 2. The van der Waals surface area contributed by atoms with Gasteiger partial charge in [0.25, 0.3) is 0 Å². The summed E-state index contributed by atoms with van der Waals surface area (Å²) in [6.45, 7) is 3.38. The van der Waals surface area contributed by atoms with Crippen LogP contribution in [0.5, 0.6) is 0 Å². The van der Waals surface area contributed by atoms with E-state index in [0.717, 1.165) is 5.56 Å². The van der Waals surface area contributed by atoms with E-state index in [2.05, 4.69) is 10.6 Å². The lowest BCUT2D eigenvalue weighted by Crippen LogP contribution is -2.55. The number of carboxylic acids is 1. The molecular formula is C14H19N3O4. The van der Waals surface area contributed by atoms with Crippen molar-refractivity contribution in [3.8, 4) is 0 Å². The molecule has 0 fully saturated rings. The van der Waals surface area contributed by atoms with Crippen LogP contribution in [0.2, 0.25) is 0 Å². The number of hydrogen-bond acceptors (Lipinski definition) is 3. The van der Waals surface area contributed by atoms with Crippen LogP contribution >= 0.6 is 0 Å². The van der Waals surface area contributed by atoms with E-state index in [1.54, 1.807) is 12.1 Å². The van der Waals surface area contributed by atoms with Gasteiger partial charge in [-0.2, -0.15) is 0 Å². The van der Waals surface area contributed by atoms with Gasteiger partial charge in [0.1, 0.15) is 5.54 Å². The Morgan fingerprint density at radius 3 is 2.24 bits per heavy atom. The van der Waals surface area contributed by atoms with Crippen molar-refractivity contribution in [1.29, 1.82) is 0 Å². The van der Waals surface area contributed by atoms with Crippen LogP contribution in [0.4, 0.5) is 4.79 Å². The van der Waals surface area contributed by atoms with Gasteiger partial charge in [0.2, 0.25) is 5.91 Å². The Balaban J connectivity index is 2.41. The normalized spacial score (nSPS) is 10.8. The summed E-state index contributed by atoms with van der Waals surface area (Å²) in [5, 5.41) is 13.8. The third-order valence-corrected chi connectivity index (χ3v) is 2.94. The average Bonchev–Trinajstić information content (AvgIpc) is 2.38. The van der Waals surface area contributed by atoms with Crippen molar-refractivity contribution < 1.29 is 19.5 Å². The molecular weight excluding hydrogens is 274 g/mol. The van der Waals surface area contributed by atoms with Crippen LogP contribution in [-0.4, -0.2) is 35.1 Å². The molecule has 5 N–H and O–H groups in total. The van der Waals surface area contributed by atoms with Gasteiger partial charge in [-0.3, -0.25) is 4.79 Å². The molecule has 0 aliphatic carbocycles. The molecule has 0 saturated heterocycles. The molecule has 1 aromatic rings. The highest BCUT2D eigenvalue weighted by molar-refractivity contribution is 5.89. The highest BCUT2D eigenvalue weighted by Gasteiger charge is 2.26. The Kier molecular flexibility index (Phi) is 5.29. The van der Waals surface area contributed by atoms with Crippen molar-refractivity contribution in [3.63, 3.8) is 0 Å². The van der Waals surface area contributed by atoms with Crippen LogP contribution in [-0.2, 0) is 11.2 Å². The number of amides is 3. The minimum Gasteiger partial charge on any atom is -0.478 e. The molecule has 0 spiro atoms. The summed E-state index contributed by atoms with van der Waals surface area (Å²) in [6, 6.07) is 5.91. The fraction of sp³-hybridized carbons (Fsp3) is 0.357. The van der Waals surface area contributed by atoms with Gasteiger partial charge in [0, 0.05) is 6.54 Å². The first-order valence-corrected chi connectivity index (χ1v) is 6.40. The van der Waals surface area contributed by atoms with Crippen molar-refractivity contribution in [2.45, 2.75) is 25.8 Å². The van der Waals surface area contributed by atoms with E-state index in [1.807, 2.05) is 0 Å². The predicted molar refractivity (Wildman–Crippen MR) is 76.9 cm³/mol. The second kappa shape index (κ2) is 6.74. The van der Waals surface area contributed by atoms with E-state index in [4.69, 9.17) is 10.8 Å². The summed E-state index contributed by atoms with van der Waals surface area (Å²) >= 11 is 0. The number of benzene rings is 1. The Labute approximate surface area is 122 Å². The van der Waals surface area contributed by atoms with Crippen LogP contribution in [0, 0.1) is 0 Å². The second-order valence-electron chi connectivity index (χ2n) is 5.12. The van der Waals surface area contributed by atoms with Gasteiger partial charge in [-0.05, 0) is 38.0 Å². The molecule has 7 heteroatoms. The second-order valence-corrected chi connectivity index (χ2v) is 5.12. The first-order chi connectivity index (χ1) is 9.72. The Morgan fingerprint density at radius 2 is 1.76 bits per heavy atom. The average molecular weight is 293 g/mol. The van der Waals surface area contributed by atoms with E-state index < -0.39 is 23.4 Å². The van der Waals surface area contributed by atoms with Crippen molar-refractivity contribution >= 4 is 17.9 Å². The van der Waals surface area contributed by atoms with Crippen molar-refractivity contribution in [1.82, 2.24) is 10.6 Å². The number of aromatic carboxylic acids is 1. The highest BCUT2D eigenvalue weighted by atomic mass is 16.4. The maximum atomic E-state index is 11.6. The molecule has 1 rings (SSSR count). The standard InChI is InChI=1S/C14H19N3O4/c1-14(2,12(15)20)17-13(21)16-8-7-9-3-5-10(6-4-9)11(18)19/h3-6H,7-8H2,1-2H3,(H2,15,20)(H,18,19)(H2,16,17,21). The van der Waals surface area contributed by atoms with Gasteiger partial charge in [-0.1, -0.05) is 12.1 Å². The van der Waals surface area contributed by atoms with Gasteiger partial charge in [-0.25, -0.2) is 9.59 Å². The monoisotopic (exact) mass is 293 g/mol. The number of primary amides is 1. The summed E-state index contributed by atoms with van der Waals surface area (Å²) in [7, 11) is 0. The van der Waals surface area contributed by atoms with Gasteiger partial charge >= 0.3 is 12.0 Å². The van der Waals surface area contributed by atoms with Gasteiger partial charge < -0.3 is 21.5 Å². The number of hydrogen-bond donors (Lipinski definition) is 4. The van der Waals surface area contributed by atoms with Crippen molar-refractivity contribution in [2.24, 2.45) is 5.73 Å². The zero-order valence-electron chi connectivity index (χ0n) is 12.0. The van der Waals surface area contributed by atoms with E-state index in [-0.39, 0.29) is 5.56 Å². The molecule has 3 amide bonds. The molecule has 7 nitrogen and oxygen atoms in total. The maximum Gasteiger partial charge on any atom is 0.335 e. The van der Waals surface area contributed by atoms with Crippen LogP contribution in [0.1, 0.15) is 29.8 Å². The lowest BCUT2D eigenvalue weighted by atomic mass is 10.1. The number of nitrogens with two attached hydrogens (primary N) is 1. The molecule has 0 aliphatic heterocycles. The van der Waals surface area contributed by atoms with Gasteiger partial charge in [0.15, 0.2) is 0 Å². The Hall–Kier alpha value is -2.57. The summed E-state index contributed by atoms with van der Waals surface area (Å²) < 4.78 is 0. The van der Waals surface area contributed by atoms with E-state index in [0.29, 0.717) is 13.0 Å². The third kappa shape index (κ3) is 5.13. The number of rotatable bonds is 6. The zero-order chi connectivity index (χ0) is 16.0. The molecule has 0 atom stereocenters. The van der Waals surface area contributed by atoms with Gasteiger partial charge in [-0.15, -0.1) is 0 Å². The largest absolute Gasteiger partial charge is 0.478 e. The predicted octanol–water partition coefficient (Wildman–Crippen LogP) is 0.490. The molecule has 21 heavy (non-hydrogen) atoms. The summed E-state index contributed by atoms with van der Waals surface area (Å²) in [5.74, 6) is -1.60. The number of carboxylic acid groups (broad SMARTS) is 1. The molecule has 0 heterocycles. The molecule has 114 valence electrons. The quantitative estimate of drug-likeness (QED) is 0.609. The SMILES string of the molecule is CC(C)(NC(=O)NCCc1ccc(C(=O)O)cc1)C(N)=O. The van der Waals surface area contributed by atoms with Crippen LogP contribution in [0.25, 0.3) is 0 Å². The number of carbonyl (C=O) groups is 3. The first-order valence-electron chi connectivity index (χ1n) is 6.40. The molecule has 0 unspecified atom stereocenters. The summed E-state index contributed by atoms with van der Waals surface area (Å²) in [5.41, 5.74) is 5.14. The van der Waals surface area contributed by atoms with E-state index in [9.17, 15) is 14.4 Å². The van der Waals surface area contributed by atoms with Crippen molar-refractivity contribution in [3.05, 3.63) is 35.4 Å². The fourth-order valence-corrected chi connectivity index (χ4v) is 1.52. The lowest BCUT2D eigenvalue weighted by molar-refractivity contribution is -0.122. The molecule has 0 aromatic heterocycles. The van der Waals surface area contributed by atoms with Gasteiger partial charge in [0.05, 0.1) is 5.56 Å². The molecule has 1 aromatic carbocycles. The Morgan fingerprint density at radius 1 is 1.19 bits per heavy atom. The van der Waals surface area contributed by atoms with Crippen LogP contribution in [0.3, 0.4) is 0 Å². The Bertz CT molecular complexity index is 538. The summed E-state index contributed by atoms with van der Waals surface area (Å²) in [4.78, 5) is 33.4.